The van der Waals surface area contributed by atoms with Crippen molar-refractivity contribution in [2.75, 3.05) is 17.3 Å². The highest BCUT2D eigenvalue weighted by Crippen LogP contribution is 2.32. The molecular weight excluding hydrogens is 265 g/mol. The van der Waals surface area contributed by atoms with Gasteiger partial charge in [0.25, 0.3) is 0 Å². The van der Waals surface area contributed by atoms with Gasteiger partial charge in [0, 0.05) is 24.7 Å². The number of halogens is 4. The first-order chi connectivity index (χ1) is 8.52. The van der Waals surface area contributed by atoms with Crippen molar-refractivity contribution in [2.45, 2.75) is 31.5 Å². The number of hydrogen-bond donors (Lipinski definition) is 0. The van der Waals surface area contributed by atoms with Gasteiger partial charge in [0.1, 0.15) is 5.82 Å². The van der Waals surface area contributed by atoms with E-state index in [9.17, 15) is 13.2 Å². The number of pyridine rings is 1. The molecule has 0 amide bonds. The molecule has 0 saturated carbocycles. The number of hydrogen-bond acceptors (Lipinski definition) is 2. The predicted octanol–water partition coefficient (Wildman–Crippen LogP) is 3.70. The average Bonchev–Trinajstić information content (AvgIpc) is 2.38. The summed E-state index contributed by atoms with van der Waals surface area (Å²) in [5, 5.41) is 0. The van der Waals surface area contributed by atoms with E-state index in [-0.39, 0.29) is 6.04 Å². The van der Waals surface area contributed by atoms with Crippen LogP contribution in [-0.4, -0.2) is 23.5 Å². The van der Waals surface area contributed by atoms with Gasteiger partial charge < -0.3 is 4.90 Å². The SMILES string of the molecule is FC(F)(F)c1ccnc(N2CCCCC2CCl)c1. The van der Waals surface area contributed by atoms with Crippen LogP contribution in [0, 0.1) is 0 Å². The van der Waals surface area contributed by atoms with Crippen molar-refractivity contribution in [1.82, 2.24) is 4.98 Å². The Kier molecular flexibility index (Phi) is 4.00. The quantitative estimate of drug-likeness (QED) is 0.767. The second kappa shape index (κ2) is 5.34. The number of rotatable bonds is 2. The van der Waals surface area contributed by atoms with E-state index in [4.69, 9.17) is 11.6 Å². The molecule has 1 fully saturated rings. The van der Waals surface area contributed by atoms with Crippen LogP contribution in [0.3, 0.4) is 0 Å². The van der Waals surface area contributed by atoms with E-state index in [1.54, 1.807) is 0 Å². The highest BCUT2D eigenvalue weighted by atomic mass is 35.5. The minimum Gasteiger partial charge on any atom is -0.352 e. The summed E-state index contributed by atoms with van der Waals surface area (Å²) in [5.41, 5.74) is -0.661. The number of aromatic nitrogens is 1. The van der Waals surface area contributed by atoms with Gasteiger partial charge in [-0.25, -0.2) is 4.98 Å². The minimum atomic E-state index is -4.33. The number of anilines is 1. The lowest BCUT2D eigenvalue weighted by molar-refractivity contribution is -0.137. The Balaban J connectivity index is 2.27. The summed E-state index contributed by atoms with van der Waals surface area (Å²) in [5.74, 6) is 0.785. The van der Waals surface area contributed by atoms with Gasteiger partial charge in [-0.15, -0.1) is 11.6 Å². The summed E-state index contributed by atoms with van der Waals surface area (Å²) < 4.78 is 37.9. The van der Waals surface area contributed by atoms with Crippen molar-refractivity contribution in [3.8, 4) is 0 Å². The molecule has 1 saturated heterocycles. The molecule has 18 heavy (non-hydrogen) atoms. The second-order valence-corrected chi connectivity index (χ2v) is 4.71. The van der Waals surface area contributed by atoms with E-state index in [0.29, 0.717) is 18.2 Å². The highest BCUT2D eigenvalue weighted by molar-refractivity contribution is 6.18. The van der Waals surface area contributed by atoms with Gasteiger partial charge in [0.15, 0.2) is 0 Å². The largest absolute Gasteiger partial charge is 0.416 e. The zero-order valence-corrected chi connectivity index (χ0v) is 10.5. The topological polar surface area (TPSA) is 16.1 Å². The Labute approximate surface area is 109 Å². The monoisotopic (exact) mass is 278 g/mol. The maximum Gasteiger partial charge on any atom is 0.416 e. The van der Waals surface area contributed by atoms with E-state index < -0.39 is 11.7 Å². The van der Waals surface area contributed by atoms with Crippen LogP contribution in [0.1, 0.15) is 24.8 Å². The second-order valence-electron chi connectivity index (χ2n) is 4.40. The predicted molar refractivity (Wildman–Crippen MR) is 64.9 cm³/mol. The van der Waals surface area contributed by atoms with E-state index >= 15 is 0 Å². The van der Waals surface area contributed by atoms with Crippen LogP contribution in [0.15, 0.2) is 18.3 Å². The Morgan fingerprint density at radius 3 is 2.83 bits per heavy atom. The van der Waals surface area contributed by atoms with Gasteiger partial charge in [-0.3, -0.25) is 0 Å². The normalized spacial score (nSPS) is 21.1. The third-order valence-corrected chi connectivity index (χ3v) is 3.53. The molecule has 6 heteroatoms. The van der Waals surface area contributed by atoms with Crippen LogP contribution < -0.4 is 4.90 Å². The van der Waals surface area contributed by atoms with Gasteiger partial charge >= 0.3 is 6.18 Å². The molecule has 0 bridgehead atoms. The molecule has 0 spiro atoms. The fourth-order valence-corrected chi connectivity index (χ4v) is 2.54. The van der Waals surface area contributed by atoms with Crippen LogP contribution in [0.2, 0.25) is 0 Å². The number of nitrogens with zero attached hydrogens (tertiary/aromatic N) is 2. The maximum atomic E-state index is 12.6. The Bertz CT molecular complexity index is 409. The zero-order chi connectivity index (χ0) is 13.2. The van der Waals surface area contributed by atoms with Crippen LogP contribution in [0.4, 0.5) is 19.0 Å². The molecule has 1 atom stereocenters. The van der Waals surface area contributed by atoms with Crippen molar-refractivity contribution in [3.63, 3.8) is 0 Å². The van der Waals surface area contributed by atoms with Crippen molar-refractivity contribution in [1.29, 1.82) is 0 Å². The summed E-state index contributed by atoms with van der Waals surface area (Å²) in [6.45, 7) is 0.714. The van der Waals surface area contributed by atoms with Crippen LogP contribution >= 0.6 is 11.6 Å². The summed E-state index contributed by atoms with van der Waals surface area (Å²) in [6, 6.07) is 2.17. The molecule has 0 radical (unpaired) electrons. The molecule has 1 aromatic rings. The van der Waals surface area contributed by atoms with Crippen LogP contribution in [0.25, 0.3) is 0 Å². The smallest absolute Gasteiger partial charge is 0.352 e. The molecule has 2 heterocycles. The number of piperidine rings is 1. The first kappa shape index (κ1) is 13.5. The van der Waals surface area contributed by atoms with Crippen molar-refractivity contribution >= 4 is 17.4 Å². The Morgan fingerprint density at radius 1 is 1.39 bits per heavy atom. The van der Waals surface area contributed by atoms with E-state index in [2.05, 4.69) is 4.98 Å². The molecule has 1 unspecified atom stereocenters. The standard InChI is InChI=1S/C12H14ClF3N2/c13-8-10-3-1-2-6-18(10)11-7-9(4-5-17-11)12(14,15)16/h4-5,7,10H,1-3,6,8H2. The van der Waals surface area contributed by atoms with Crippen molar-refractivity contribution in [2.24, 2.45) is 0 Å². The average molecular weight is 279 g/mol. The Hall–Kier alpha value is -0.970. The number of alkyl halides is 4. The van der Waals surface area contributed by atoms with Crippen LogP contribution in [-0.2, 0) is 6.18 Å². The Morgan fingerprint density at radius 2 is 2.17 bits per heavy atom. The van der Waals surface area contributed by atoms with Crippen molar-refractivity contribution < 1.29 is 13.2 Å². The van der Waals surface area contributed by atoms with Gasteiger partial charge in [-0.2, -0.15) is 13.2 Å². The fraction of sp³-hybridized carbons (Fsp3) is 0.583. The lowest BCUT2D eigenvalue weighted by atomic mass is 10.0. The summed E-state index contributed by atoms with van der Waals surface area (Å²) in [6.07, 6.45) is -0.193. The summed E-state index contributed by atoms with van der Waals surface area (Å²) in [7, 11) is 0. The molecule has 0 aliphatic carbocycles. The van der Waals surface area contributed by atoms with Gasteiger partial charge in [-0.1, -0.05) is 0 Å². The third kappa shape index (κ3) is 2.88. The van der Waals surface area contributed by atoms with Gasteiger partial charge in [0.2, 0.25) is 0 Å². The first-order valence-corrected chi connectivity index (χ1v) is 6.41. The molecule has 1 aromatic heterocycles. The molecule has 2 rings (SSSR count). The minimum absolute atomic E-state index is 0.0800. The third-order valence-electron chi connectivity index (χ3n) is 3.17. The maximum absolute atomic E-state index is 12.6. The molecule has 2 nitrogen and oxygen atoms in total. The van der Waals surface area contributed by atoms with Crippen molar-refractivity contribution in [3.05, 3.63) is 23.9 Å². The van der Waals surface area contributed by atoms with Crippen LogP contribution in [0.5, 0.6) is 0 Å². The van der Waals surface area contributed by atoms with E-state index in [1.165, 1.54) is 6.20 Å². The summed E-state index contributed by atoms with van der Waals surface area (Å²) in [4.78, 5) is 5.92. The molecule has 0 aromatic carbocycles. The zero-order valence-electron chi connectivity index (χ0n) is 9.75. The molecule has 100 valence electrons. The molecule has 1 aliphatic rings. The molecule has 1 aliphatic heterocycles. The molecular formula is C12H14ClF3N2. The highest BCUT2D eigenvalue weighted by Gasteiger charge is 2.32. The first-order valence-electron chi connectivity index (χ1n) is 5.88. The fourth-order valence-electron chi connectivity index (χ4n) is 2.21. The lowest BCUT2D eigenvalue weighted by Gasteiger charge is -2.35. The van der Waals surface area contributed by atoms with E-state index in [0.717, 1.165) is 31.4 Å². The lowest BCUT2D eigenvalue weighted by Crippen LogP contribution is -2.41. The van der Waals surface area contributed by atoms with Gasteiger partial charge in [-0.05, 0) is 31.4 Å². The van der Waals surface area contributed by atoms with Gasteiger partial charge in [0.05, 0.1) is 5.56 Å². The summed E-state index contributed by atoms with van der Waals surface area (Å²) >= 11 is 5.86. The van der Waals surface area contributed by atoms with E-state index in [1.807, 2.05) is 4.90 Å². The molecule has 0 N–H and O–H groups in total.